The number of benzene rings is 2. The van der Waals surface area contributed by atoms with Gasteiger partial charge in [-0.3, -0.25) is 0 Å². The number of nitrogens with zero attached hydrogens (tertiary/aromatic N) is 2. The average Bonchev–Trinajstić information content (AvgIpc) is 2.76. The monoisotopic (exact) mass is 381 g/mol. The van der Waals surface area contributed by atoms with Crippen LogP contribution in [0.4, 0.5) is 5.82 Å². The van der Waals surface area contributed by atoms with Crippen molar-refractivity contribution in [3.8, 4) is 23.1 Å². The van der Waals surface area contributed by atoms with Gasteiger partial charge in [0.2, 0.25) is 5.88 Å². The van der Waals surface area contributed by atoms with Crippen molar-refractivity contribution in [1.29, 1.82) is 0 Å². The normalized spacial score (nSPS) is 10.2. The highest BCUT2D eigenvalue weighted by atomic mass is 16.5. The van der Waals surface area contributed by atoms with E-state index in [0.717, 1.165) is 28.4 Å². The number of rotatable bonds is 9. The van der Waals surface area contributed by atoms with Gasteiger partial charge < -0.3 is 24.3 Å². The molecule has 0 aliphatic carbocycles. The van der Waals surface area contributed by atoms with Crippen molar-refractivity contribution in [2.75, 3.05) is 26.6 Å². The molecule has 0 unspecified atom stereocenters. The SMILES string of the molecule is COc1cccc(CNc2cc(OCc3cc(OC)ccc3OC)ncn2)c1. The van der Waals surface area contributed by atoms with Crippen LogP contribution in [0.25, 0.3) is 0 Å². The number of hydrogen-bond donors (Lipinski definition) is 1. The van der Waals surface area contributed by atoms with Crippen molar-refractivity contribution < 1.29 is 18.9 Å². The molecule has 0 atom stereocenters. The molecule has 0 aliphatic rings. The van der Waals surface area contributed by atoms with Crippen molar-refractivity contribution in [2.45, 2.75) is 13.2 Å². The summed E-state index contributed by atoms with van der Waals surface area (Å²) in [4.78, 5) is 8.40. The number of hydrogen-bond acceptors (Lipinski definition) is 7. The van der Waals surface area contributed by atoms with Gasteiger partial charge in [0.1, 0.15) is 36.0 Å². The first-order valence-electron chi connectivity index (χ1n) is 8.74. The second-order valence-corrected chi connectivity index (χ2v) is 5.91. The van der Waals surface area contributed by atoms with Crippen LogP contribution in [-0.4, -0.2) is 31.3 Å². The van der Waals surface area contributed by atoms with E-state index in [1.807, 2.05) is 42.5 Å². The van der Waals surface area contributed by atoms with E-state index in [1.165, 1.54) is 6.33 Å². The zero-order chi connectivity index (χ0) is 19.8. The summed E-state index contributed by atoms with van der Waals surface area (Å²) < 4.78 is 21.7. The molecule has 3 aromatic rings. The van der Waals surface area contributed by atoms with E-state index < -0.39 is 0 Å². The summed E-state index contributed by atoms with van der Waals surface area (Å²) in [5, 5.41) is 3.26. The molecule has 0 aliphatic heterocycles. The quantitative estimate of drug-likeness (QED) is 0.606. The molecule has 3 rings (SSSR count). The summed E-state index contributed by atoms with van der Waals surface area (Å²) in [5.74, 6) is 3.42. The third-order valence-electron chi connectivity index (χ3n) is 4.11. The fraction of sp³-hybridized carbons (Fsp3) is 0.238. The maximum absolute atomic E-state index is 5.82. The summed E-state index contributed by atoms with van der Waals surface area (Å²) in [6, 6.07) is 15.2. The van der Waals surface area contributed by atoms with Crippen molar-refractivity contribution in [3.05, 3.63) is 66.0 Å². The lowest BCUT2D eigenvalue weighted by Crippen LogP contribution is -2.04. The van der Waals surface area contributed by atoms with Gasteiger partial charge in [-0.15, -0.1) is 0 Å². The van der Waals surface area contributed by atoms with Gasteiger partial charge in [-0.05, 0) is 35.9 Å². The summed E-state index contributed by atoms with van der Waals surface area (Å²) in [7, 11) is 4.89. The second-order valence-electron chi connectivity index (χ2n) is 5.91. The lowest BCUT2D eigenvalue weighted by molar-refractivity contribution is 0.284. The Morgan fingerprint density at radius 3 is 2.46 bits per heavy atom. The van der Waals surface area contributed by atoms with E-state index in [9.17, 15) is 0 Å². The Bertz CT molecular complexity index is 918. The fourth-order valence-corrected chi connectivity index (χ4v) is 2.64. The molecule has 1 aromatic heterocycles. The van der Waals surface area contributed by atoms with Gasteiger partial charge in [-0.25, -0.2) is 9.97 Å². The minimum absolute atomic E-state index is 0.298. The number of methoxy groups -OCH3 is 3. The number of anilines is 1. The van der Waals surface area contributed by atoms with Gasteiger partial charge in [-0.2, -0.15) is 0 Å². The second kappa shape index (κ2) is 9.45. The van der Waals surface area contributed by atoms with E-state index in [-0.39, 0.29) is 0 Å². The highest BCUT2D eigenvalue weighted by Gasteiger charge is 2.07. The lowest BCUT2D eigenvalue weighted by Gasteiger charge is -2.12. The van der Waals surface area contributed by atoms with Crippen LogP contribution in [-0.2, 0) is 13.2 Å². The first-order valence-corrected chi connectivity index (χ1v) is 8.74. The Kier molecular flexibility index (Phi) is 6.51. The molecular formula is C21H23N3O4. The van der Waals surface area contributed by atoms with Crippen LogP contribution in [0.5, 0.6) is 23.1 Å². The van der Waals surface area contributed by atoms with E-state index in [4.69, 9.17) is 18.9 Å². The predicted molar refractivity (Wildman–Crippen MR) is 106 cm³/mol. The molecule has 146 valence electrons. The topological polar surface area (TPSA) is 74.7 Å². The molecule has 1 N–H and O–H groups in total. The molecule has 28 heavy (non-hydrogen) atoms. The summed E-state index contributed by atoms with van der Waals surface area (Å²) in [5.41, 5.74) is 1.95. The number of nitrogens with one attached hydrogen (secondary N) is 1. The van der Waals surface area contributed by atoms with Gasteiger partial charge in [0.25, 0.3) is 0 Å². The maximum atomic E-state index is 5.82. The third kappa shape index (κ3) is 5.03. The first kappa shape index (κ1) is 19.3. The summed E-state index contributed by atoms with van der Waals surface area (Å²) in [6.07, 6.45) is 1.46. The van der Waals surface area contributed by atoms with Crippen LogP contribution in [0.3, 0.4) is 0 Å². The Morgan fingerprint density at radius 2 is 1.68 bits per heavy atom. The van der Waals surface area contributed by atoms with Gasteiger partial charge in [0.05, 0.1) is 21.3 Å². The Balaban J connectivity index is 1.63. The molecule has 0 bridgehead atoms. The van der Waals surface area contributed by atoms with Gasteiger partial charge in [-0.1, -0.05) is 12.1 Å². The van der Waals surface area contributed by atoms with Gasteiger partial charge in [0, 0.05) is 18.2 Å². The molecule has 0 saturated carbocycles. The van der Waals surface area contributed by atoms with Crippen LogP contribution >= 0.6 is 0 Å². The third-order valence-corrected chi connectivity index (χ3v) is 4.11. The molecule has 7 heteroatoms. The zero-order valence-corrected chi connectivity index (χ0v) is 16.1. The van der Waals surface area contributed by atoms with Gasteiger partial charge in [0.15, 0.2) is 0 Å². The van der Waals surface area contributed by atoms with Crippen LogP contribution in [0, 0.1) is 0 Å². The number of aromatic nitrogens is 2. The highest BCUT2D eigenvalue weighted by Crippen LogP contribution is 2.25. The van der Waals surface area contributed by atoms with E-state index in [1.54, 1.807) is 27.4 Å². The number of ether oxygens (including phenoxy) is 4. The van der Waals surface area contributed by atoms with Gasteiger partial charge >= 0.3 is 0 Å². The molecule has 0 fully saturated rings. The predicted octanol–water partition coefficient (Wildman–Crippen LogP) is 3.69. The minimum atomic E-state index is 0.298. The molecule has 0 amide bonds. The highest BCUT2D eigenvalue weighted by molar-refractivity contribution is 5.41. The Hall–Kier alpha value is -3.48. The smallest absolute Gasteiger partial charge is 0.218 e. The molecule has 0 saturated heterocycles. The summed E-state index contributed by atoms with van der Waals surface area (Å²) in [6.45, 7) is 0.907. The maximum Gasteiger partial charge on any atom is 0.218 e. The van der Waals surface area contributed by atoms with Crippen molar-refractivity contribution >= 4 is 5.82 Å². The van der Waals surface area contributed by atoms with Crippen molar-refractivity contribution in [3.63, 3.8) is 0 Å². The molecule has 1 heterocycles. The largest absolute Gasteiger partial charge is 0.497 e. The van der Waals surface area contributed by atoms with Crippen molar-refractivity contribution in [1.82, 2.24) is 9.97 Å². The fourth-order valence-electron chi connectivity index (χ4n) is 2.64. The van der Waals surface area contributed by atoms with Crippen LogP contribution in [0.2, 0.25) is 0 Å². The van der Waals surface area contributed by atoms with Crippen LogP contribution < -0.4 is 24.3 Å². The molecule has 7 nitrogen and oxygen atoms in total. The Labute approximate surface area is 164 Å². The average molecular weight is 381 g/mol. The molecule has 0 radical (unpaired) electrons. The van der Waals surface area contributed by atoms with E-state index in [2.05, 4.69) is 15.3 Å². The van der Waals surface area contributed by atoms with Crippen molar-refractivity contribution in [2.24, 2.45) is 0 Å². The van der Waals surface area contributed by atoms with Crippen LogP contribution in [0.15, 0.2) is 54.9 Å². The standard InChI is InChI=1S/C21H23N3O4/c1-25-17-6-4-5-15(9-17)12-22-20-11-21(24-14-23-20)28-13-16-10-18(26-2)7-8-19(16)27-3/h4-11,14H,12-13H2,1-3H3,(H,22,23,24). The summed E-state index contributed by atoms with van der Waals surface area (Å²) >= 11 is 0. The first-order chi connectivity index (χ1) is 13.7. The Morgan fingerprint density at radius 1 is 0.857 bits per heavy atom. The van der Waals surface area contributed by atoms with Crippen LogP contribution in [0.1, 0.15) is 11.1 Å². The lowest BCUT2D eigenvalue weighted by atomic mass is 10.2. The molecular weight excluding hydrogens is 358 g/mol. The molecule has 0 spiro atoms. The zero-order valence-electron chi connectivity index (χ0n) is 16.1. The van der Waals surface area contributed by atoms with E-state index in [0.29, 0.717) is 24.8 Å². The van der Waals surface area contributed by atoms with E-state index >= 15 is 0 Å². The molecule has 2 aromatic carbocycles. The minimum Gasteiger partial charge on any atom is -0.497 e.